The Morgan fingerprint density at radius 3 is 2.77 bits per heavy atom. The molecule has 1 heterocycles. The lowest BCUT2D eigenvalue weighted by molar-refractivity contribution is -0.117. The first kappa shape index (κ1) is 16.6. The maximum Gasteiger partial charge on any atom is 0.264 e. The van der Waals surface area contributed by atoms with E-state index >= 15 is 0 Å². The van der Waals surface area contributed by atoms with Crippen LogP contribution in [0.25, 0.3) is 0 Å². The second kappa shape index (κ2) is 7.47. The molecule has 1 aliphatic rings. The molecule has 22 heavy (non-hydrogen) atoms. The van der Waals surface area contributed by atoms with Crippen LogP contribution in [-0.4, -0.2) is 25.9 Å². The summed E-state index contributed by atoms with van der Waals surface area (Å²) in [5.41, 5.74) is 1.02. The van der Waals surface area contributed by atoms with Crippen LogP contribution in [-0.2, 0) is 4.79 Å². The molecule has 0 saturated heterocycles. The Kier molecular flexibility index (Phi) is 5.63. The van der Waals surface area contributed by atoms with Gasteiger partial charge >= 0.3 is 0 Å². The van der Waals surface area contributed by atoms with Crippen LogP contribution >= 0.6 is 23.5 Å². The molecule has 0 unspecified atom stereocenters. The van der Waals surface area contributed by atoms with Crippen LogP contribution in [0.3, 0.4) is 0 Å². The number of nitrogens with one attached hydrogen (secondary N) is 1. The summed E-state index contributed by atoms with van der Waals surface area (Å²) in [7, 11) is 3.16. The zero-order chi connectivity index (χ0) is 16.1. The van der Waals surface area contributed by atoms with Crippen LogP contribution in [0.15, 0.2) is 28.0 Å². The lowest BCUT2D eigenvalue weighted by Gasteiger charge is -2.26. The van der Waals surface area contributed by atoms with E-state index < -0.39 is 0 Å². The zero-order valence-corrected chi connectivity index (χ0v) is 14.1. The van der Waals surface area contributed by atoms with Gasteiger partial charge in [-0.1, -0.05) is 18.7 Å². The maximum absolute atomic E-state index is 12.1. The minimum absolute atomic E-state index is 0.181. The topological polar surface area (TPSA) is 71.4 Å². The summed E-state index contributed by atoms with van der Waals surface area (Å²) in [6.45, 7) is 1.99. The molecule has 0 fully saturated rings. The van der Waals surface area contributed by atoms with E-state index in [4.69, 9.17) is 14.7 Å². The highest BCUT2D eigenvalue weighted by Gasteiger charge is 2.30. The fourth-order valence-corrected chi connectivity index (χ4v) is 4.41. The lowest BCUT2D eigenvalue weighted by atomic mass is 10.1. The number of benzene rings is 1. The van der Waals surface area contributed by atoms with Crippen LogP contribution in [0.5, 0.6) is 11.5 Å². The zero-order valence-electron chi connectivity index (χ0n) is 12.5. The first-order valence-electron chi connectivity index (χ1n) is 6.61. The molecule has 5 nitrogen and oxygen atoms in total. The molecule has 2 rings (SSSR count). The number of nitrogens with zero attached hydrogens (tertiary/aromatic N) is 1. The van der Waals surface area contributed by atoms with Gasteiger partial charge in [-0.05, 0) is 17.9 Å². The van der Waals surface area contributed by atoms with E-state index in [1.807, 2.05) is 25.1 Å². The Balaban J connectivity index is 2.37. The van der Waals surface area contributed by atoms with E-state index in [1.54, 1.807) is 20.3 Å². The summed E-state index contributed by atoms with van der Waals surface area (Å²) in [6.07, 6.45) is 0. The van der Waals surface area contributed by atoms with E-state index in [0.29, 0.717) is 11.5 Å². The van der Waals surface area contributed by atoms with E-state index in [9.17, 15) is 4.79 Å². The number of carbonyl (C=O) groups excluding carboxylic acids is 1. The fraction of sp³-hybridized carbons (Fsp3) is 0.333. The van der Waals surface area contributed by atoms with Crippen LogP contribution < -0.4 is 14.8 Å². The van der Waals surface area contributed by atoms with Crippen molar-refractivity contribution in [3.05, 3.63) is 33.6 Å². The van der Waals surface area contributed by atoms with Gasteiger partial charge in [0.25, 0.3) is 5.91 Å². The van der Waals surface area contributed by atoms with Crippen molar-refractivity contribution in [2.45, 2.75) is 12.3 Å². The van der Waals surface area contributed by atoms with Gasteiger partial charge in [0, 0.05) is 11.6 Å². The van der Waals surface area contributed by atoms with Gasteiger partial charge in [0.1, 0.15) is 28.5 Å². The van der Waals surface area contributed by atoms with Gasteiger partial charge < -0.3 is 14.8 Å². The SMILES string of the molecule is CCSC1=C(C#N)C(=O)N[C@H](c2ccc(OC)cc2OC)S1. The van der Waals surface area contributed by atoms with Gasteiger partial charge in [-0.3, -0.25) is 4.79 Å². The average molecular weight is 336 g/mol. The summed E-state index contributed by atoms with van der Waals surface area (Å²) < 4.78 is 11.3. The predicted octanol–water partition coefficient (Wildman–Crippen LogP) is 3.05. The Labute approximate surface area is 138 Å². The monoisotopic (exact) mass is 336 g/mol. The molecular weight excluding hydrogens is 320 g/mol. The second-order valence-electron chi connectivity index (χ2n) is 4.29. The minimum atomic E-state index is -0.347. The fourth-order valence-electron chi connectivity index (χ4n) is 1.99. The van der Waals surface area contributed by atoms with Crippen molar-refractivity contribution in [2.24, 2.45) is 0 Å². The molecule has 0 aromatic heterocycles. The van der Waals surface area contributed by atoms with Crippen molar-refractivity contribution in [3.63, 3.8) is 0 Å². The van der Waals surface area contributed by atoms with Gasteiger partial charge in [-0.25, -0.2) is 0 Å². The van der Waals surface area contributed by atoms with Gasteiger partial charge in [0.15, 0.2) is 0 Å². The van der Waals surface area contributed by atoms with Gasteiger partial charge in [0.2, 0.25) is 0 Å². The van der Waals surface area contributed by atoms with Crippen molar-refractivity contribution in [1.82, 2.24) is 5.32 Å². The third-order valence-corrected chi connectivity index (χ3v) is 5.45. The lowest BCUT2D eigenvalue weighted by Crippen LogP contribution is -2.31. The number of methoxy groups -OCH3 is 2. The number of hydrogen-bond donors (Lipinski definition) is 1. The molecule has 1 amide bonds. The molecule has 0 spiro atoms. The molecular formula is C15H16N2O3S2. The van der Waals surface area contributed by atoms with Crippen molar-refractivity contribution < 1.29 is 14.3 Å². The minimum Gasteiger partial charge on any atom is -0.497 e. The number of ether oxygens (including phenoxy) is 2. The predicted molar refractivity (Wildman–Crippen MR) is 88.8 cm³/mol. The highest BCUT2D eigenvalue weighted by atomic mass is 32.2. The van der Waals surface area contributed by atoms with Crippen LogP contribution in [0.4, 0.5) is 0 Å². The standard InChI is InChI=1S/C15H16N2O3S2/c1-4-21-15-11(8-16)13(18)17-14(22-15)10-6-5-9(19-2)7-12(10)20-3/h5-7,14H,4H2,1-3H3,(H,17,18)/t14-/m0/s1. The van der Waals surface area contributed by atoms with Gasteiger partial charge in [-0.2, -0.15) is 5.26 Å². The molecule has 1 atom stereocenters. The quantitative estimate of drug-likeness (QED) is 0.891. The summed E-state index contributed by atoms with van der Waals surface area (Å²) in [5, 5.41) is 11.7. The molecule has 1 aliphatic heterocycles. The largest absolute Gasteiger partial charge is 0.497 e. The molecule has 0 bridgehead atoms. The van der Waals surface area contributed by atoms with Crippen molar-refractivity contribution in [2.75, 3.05) is 20.0 Å². The Bertz CT molecular complexity index is 653. The van der Waals surface area contributed by atoms with Crippen molar-refractivity contribution in [1.29, 1.82) is 5.26 Å². The number of amides is 1. The van der Waals surface area contributed by atoms with E-state index in [0.717, 1.165) is 15.6 Å². The Morgan fingerprint density at radius 1 is 1.41 bits per heavy atom. The summed E-state index contributed by atoms with van der Waals surface area (Å²) in [4.78, 5) is 12.1. The van der Waals surface area contributed by atoms with E-state index in [2.05, 4.69) is 5.32 Å². The van der Waals surface area contributed by atoms with Gasteiger partial charge in [0.05, 0.1) is 18.5 Å². The third-order valence-electron chi connectivity index (χ3n) is 3.03. The average Bonchev–Trinajstić information content (AvgIpc) is 2.54. The molecule has 1 N–H and O–H groups in total. The number of carbonyl (C=O) groups is 1. The molecule has 0 saturated carbocycles. The van der Waals surface area contributed by atoms with Crippen LogP contribution in [0, 0.1) is 11.3 Å². The van der Waals surface area contributed by atoms with E-state index in [1.165, 1.54) is 23.5 Å². The Morgan fingerprint density at radius 2 is 2.18 bits per heavy atom. The normalized spacial score (nSPS) is 17.7. The Hall–Kier alpha value is -1.78. The number of thioether (sulfide) groups is 2. The van der Waals surface area contributed by atoms with Crippen LogP contribution in [0.2, 0.25) is 0 Å². The molecule has 116 valence electrons. The molecule has 1 aromatic carbocycles. The summed E-state index contributed by atoms with van der Waals surface area (Å²) >= 11 is 2.96. The molecule has 0 radical (unpaired) electrons. The van der Waals surface area contributed by atoms with E-state index in [-0.39, 0.29) is 16.9 Å². The first-order valence-corrected chi connectivity index (χ1v) is 8.47. The second-order valence-corrected chi connectivity index (χ2v) is 6.93. The van der Waals surface area contributed by atoms with Crippen molar-refractivity contribution in [3.8, 4) is 17.6 Å². The number of nitriles is 1. The first-order chi connectivity index (χ1) is 10.6. The summed E-state index contributed by atoms with van der Waals surface area (Å²) in [5.74, 6) is 1.77. The molecule has 7 heteroatoms. The highest BCUT2D eigenvalue weighted by Crippen LogP contribution is 2.46. The molecule has 1 aromatic rings. The summed E-state index contributed by atoms with van der Waals surface area (Å²) in [6, 6.07) is 7.44. The number of rotatable bonds is 5. The third kappa shape index (κ3) is 3.34. The van der Waals surface area contributed by atoms with Crippen molar-refractivity contribution >= 4 is 29.4 Å². The smallest absolute Gasteiger partial charge is 0.264 e. The van der Waals surface area contributed by atoms with Gasteiger partial charge in [-0.15, -0.1) is 11.8 Å². The molecule has 0 aliphatic carbocycles. The highest BCUT2D eigenvalue weighted by molar-refractivity contribution is 8.22. The van der Waals surface area contributed by atoms with Crippen LogP contribution in [0.1, 0.15) is 17.9 Å². The maximum atomic E-state index is 12.1. The number of hydrogen-bond acceptors (Lipinski definition) is 6.